The Labute approximate surface area is 188 Å². The van der Waals surface area contributed by atoms with Crippen molar-refractivity contribution >= 4 is 17.1 Å². The highest BCUT2D eigenvalue weighted by Crippen LogP contribution is 2.24. The Hall–Kier alpha value is -2.54. The first-order valence-electron chi connectivity index (χ1n) is 10.6. The second-order valence-electron chi connectivity index (χ2n) is 8.15. The van der Waals surface area contributed by atoms with Crippen molar-refractivity contribution < 1.29 is 9.53 Å². The van der Waals surface area contributed by atoms with Crippen molar-refractivity contribution in [3.05, 3.63) is 69.5 Å². The van der Waals surface area contributed by atoms with E-state index >= 15 is 0 Å². The first-order chi connectivity index (χ1) is 15.0. The molecule has 2 aromatic carbocycles. The summed E-state index contributed by atoms with van der Waals surface area (Å²) in [5.74, 6) is 0.938. The highest BCUT2D eigenvalue weighted by molar-refractivity contribution is 7.09. The van der Waals surface area contributed by atoms with E-state index in [1.165, 1.54) is 0 Å². The minimum Gasteiger partial charge on any atom is -0.497 e. The minimum atomic E-state index is 0.143. The fourth-order valence-electron chi connectivity index (χ4n) is 3.92. The van der Waals surface area contributed by atoms with Crippen LogP contribution in [0, 0.1) is 6.92 Å². The quantitative estimate of drug-likeness (QED) is 0.518. The molecule has 0 amide bonds. The molecule has 162 valence electrons. The van der Waals surface area contributed by atoms with Crippen LogP contribution in [0.2, 0.25) is 0 Å². The first-order valence-corrected chi connectivity index (χ1v) is 11.5. The van der Waals surface area contributed by atoms with Gasteiger partial charge in [0.25, 0.3) is 0 Å². The molecule has 1 fully saturated rings. The number of carbonyl (C=O) groups excluding carboxylic acids is 1. The zero-order valence-electron chi connectivity index (χ0n) is 18.4. The number of aryl methyl sites for hydroxylation is 1. The second kappa shape index (κ2) is 9.73. The van der Waals surface area contributed by atoms with E-state index in [1.807, 2.05) is 37.3 Å². The van der Waals surface area contributed by atoms with E-state index in [2.05, 4.69) is 39.3 Å². The fourth-order valence-corrected chi connectivity index (χ4v) is 4.54. The summed E-state index contributed by atoms with van der Waals surface area (Å²) >= 11 is 1.65. The largest absolute Gasteiger partial charge is 0.497 e. The number of hydrogen-bond acceptors (Lipinski definition) is 6. The number of ketones is 1. The molecule has 0 saturated carbocycles. The van der Waals surface area contributed by atoms with Gasteiger partial charge in [-0.3, -0.25) is 9.69 Å². The molecule has 5 nitrogen and oxygen atoms in total. The Morgan fingerprint density at radius 3 is 2.48 bits per heavy atom. The number of benzene rings is 2. The molecule has 0 unspecified atom stereocenters. The number of hydrogen-bond donors (Lipinski definition) is 0. The molecule has 2 heterocycles. The highest BCUT2D eigenvalue weighted by Gasteiger charge is 2.19. The number of rotatable bonds is 7. The van der Waals surface area contributed by atoms with Gasteiger partial charge in [0.05, 0.1) is 17.8 Å². The van der Waals surface area contributed by atoms with Crippen LogP contribution in [0.1, 0.15) is 26.5 Å². The number of likely N-dealkylation sites (N-methyl/N-ethyl adjacent to an activating group) is 1. The van der Waals surface area contributed by atoms with Crippen LogP contribution in [0.25, 0.3) is 11.3 Å². The number of carbonyl (C=O) groups is 1. The zero-order valence-corrected chi connectivity index (χ0v) is 19.2. The Kier molecular flexibility index (Phi) is 6.80. The number of piperazine rings is 1. The van der Waals surface area contributed by atoms with E-state index in [1.54, 1.807) is 18.4 Å². The van der Waals surface area contributed by atoms with Gasteiger partial charge in [-0.15, -0.1) is 11.3 Å². The summed E-state index contributed by atoms with van der Waals surface area (Å²) in [6, 6.07) is 14.0. The standard InChI is InChI=1S/C25H29N3O2S/c1-18-26-24(17-31-18)20-6-4-19(5-7-20)14-25(29)23-9-8-22(30-3)15-21(23)16-28-12-10-27(2)11-13-28/h4-9,15,17H,10-14,16H2,1-3H3. The number of thiazole rings is 1. The number of aromatic nitrogens is 1. The van der Waals surface area contributed by atoms with Gasteiger partial charge < -0.3 is 9.64 Å². The van der Waals surface area contributed by atoms with Crippen molar-refractivity contribution in [2.24, 2.45) is 0 Å². The van der Waals surface area contributed by atoms with Crippen molar-refractivity contribution in [2.75, 3.05) is 40.3 Å². The summed E-state index contributed by atoms with van der Waals surface area (Å²) < 4.78 is 5.43. The summed E-state index contributed by atoms with van der Waals surface area (Å²) in [6.07, 6.45) is 0.387. The maximum Gasteiger partial charge on any atom is 0.167 e. The van der Waals surface area contributed by atoms with Gasteiger partial charge in [0.15, 0.2) is 5.78 Å². The van der Waals surface area contributed by atoms with Crippen molar-refractivity contribution in [3.63, 3.8) is 0 Å². The summed E-state index contributed by atoms with van der Waals surface area (Å²) in [5, 5.41) is 3.12. The van der Waals surface area contributed by atoms with Crippen LogP contribution in [0.5, 0.6) is 5.75 Å². The van der Waals surface area contributed by atoms with Crippen molar-refractivity contribution in [1.29, 1.82) is 0 Å². The second-order valence-corrected chi connectivity index (χ2v) is 9.21. The minimum absolute atomic E-state index is 0.143. The molecule has 0 radical (unpaired) electrons. The Morgan fingerprint density at radius 1 is 1.10 bits per heavy atom. The molecule has 31 heavy (non-hydrogen) atoms. The number of Topliss-reactive ketones (excluding diaryl/α,β-unsaturated/α-hetero) is 1. The number of ether oxygens (including phenoxy) is 1. The molecule has 6 heteroatoms. The third-order valence-electron chi connectivity index (χ3n) is 5.84. The lowest BCUT2D eigenvalue weighted by molar-refractivity contribution is 0.0989. The van der Waals surface area contributed by atoms with E-state index in [-0.39, 0.29) is 5.78 Å². The van der Waals surface area contributed by atoms with Crippen molar-refractivity contribution in [2.45, 2.75) is 19.9 Å². The maximum atomic E-state index is 13.2. The SMILES string of the molecule is COc1ccc(C(=O)Cc2ccc(-c3csc(C)n3)cc2)c(CN2CCN(C)CC2)c1. The van der Waals surface area contributed by atoms with Gasteiger partial charge >= 0.3 is 0 Å². The first kappa shape index (κ1) is 21.7. The van der Waals surface area contributed by atoms with Crippen LogP contribution >= 0.6 is 11.3 Å². The van der Waals surface area contributed by atoms with Gasteiger partial charge in [-0.2, -0.15) is 0 Å². The molecule has 0 bridgehead atoms. The van der Waals surface area contributed by atoms with E-state index in [0.717, 1.165) is 71.4 Å². The van der Waals surface area contributed by atoms with Crippen LogP contribution < -0.4 is 4.74 Å². The molecule has 0 N–H and O–H groups in total. The van der Waals surface area contributed by atoms with Gasteiger partial charge in [0, 0.05) is 55.7 Å². The average molecular weight is 436 g/mol. The molecule has 0 aliphatic carbocycles. The molecule has 1 aliphatic heterocycles. The van der Waals surface area contributed by atoms with Gasteiger partial charge in [-0.05, 0) is 43.3 Å². The summed E-state index contributed by atoms with van der Waals surface area (Å²) in [7, 11) is 3.82. The van der Waals surface area contributed by atoms with E-state index in [4.69, 9.17) is 4.74 Å². The molecular formula is C25H29N3O2S. The van der Waals surface area contributed by atoms with Gasteiger partial charge in [-0.1, -0.05) is 24.3 Å². The van der Waals surface area contributed by atoms with Crippen molar-refractivity contribution in [1.82, 2.24) is 14.8 Å². The number of nitrogens with zero attached hydrogens (tertiary/aromatic N) is 3. The predicted molar refractivity (Wildman–Crippen MR) is 126 cm³/mol. The van der Waals surface area contributed by atoms with E-state index in [9.17, 15) is 4.79 Å². The molecular weight excluding hydrogens is 406 g/mol. The van der Waals surface area contributed by atoms with Crippen LogP contribution in [0.15, 0.2) is 47.8 Å². The van der Waals surface area contributed by atoms with Crippen molar-refractivity contribution in [3.8, 4) is 17.0 Å². The molecule has 1 aliphatic rings. The molecule has 1 aromatic heterocycles. The summed E-state index contributed by atoms with van der Waals surface area (Å²) in [5.41, 5.74) is 4.93. The topological polar surface area (TPSA) is 45.7 Å². The molecule has 1 saturated heterocycles. The molecule has 0 spiro atoms. The van der Waals surface area contributed by atoms with E-state index < -0.39 is 0 Å². The summed E-state index contributed by atoms with van der Waals surface area (Å²) in [4.78, 5) is 22.5. The fraction of sp³-hybridized carbons (Fsp3) is 0.360. The smallest absolute Gasteiger partial charge is 0.167 e. The van der Waals surface area contributed by atoms with Crippen LogP contribution in [0.3, 0.4) is 0 Å². The molecule has 0 atom stereocenters. The number of methoxy groups -OCH3 is 1. The third kappa shape index (κ3) is 5.39. The lowest BCUT2D eigenvalue weighted by Gasteiger charge is -2.32. The predicted octanol–water partition coefficient (Wildman–Crippen LogP) is 4.30. The van der Waals surface area contributed by atoms with Crippen LogP contribution in [-0.2, 0) is 13.0 Å². The monoisotopic (exact) mass is 435 g/mol. The molecule has 4 rings (SSSR count). The van der Waals surface area contributed by atoms with Crippen LogP contribution in [0.4, 0.5) is 0 Å². The Bertz CT molecular complexity index is 1040. The summed E-state index contributed by atoms with van der Waals surface area (Å²) in [6.45, 7) is 6.91. The Balaban J connectivity index is 1.49. The van der Waals surface area contributed by atoms with Gasteiger partial charge in [0.1, 0.15) is 5.75 Å². The normalized spacial score (nSPS) is 15.2. The van der Waals surface area contributed by atoms with Gasteiger partial charge in [0.2, 0.25) is 0 Å². The average Bonchev–Trinajstić information content (AvgIpc) is 3.22. The van der Waals surface area contributed by atoms with Gasteiger partial charge in [-0.25, -0.2) is 4.98 Å². The highest BCUT2D eigenvalue weighted by atomic mass is 32.1. The maximum absolute atomic E-state index is 13.2. The Morgan fingerprint density at radius 2 is 1.84 bits per heavy atom. The third-order valence-corrected chi connectivity index (χ3v) is 6.61. The molecule has 3 aromatic rings. The van der Waals surface area contributed by atoms with E-state index in [0.29, 0.717) is 6.42 Å². The van der Waals surface area contributed by atoms with Crippen LogP contribution in [-0.4, -0.2) is 60.9 Å². The lowest BCUT2D eigenvalue weighted by Crippen LogP contribution is -2.44. The lowest BCUT2D eigenvalue weighted by atomic mass is 9.97. The zero-order chi connectivity index (χ0) is 21.8.